The number of rotatable bonds is 3. The third kappa shape index (κ3) is 3.64. The third-order valence-electron chi connectivity index (χ3n) is 3.42. The van der Waals surface area contributed by atoms with Crippen molar-refractivity contribution < 1.29 is 0 Å². The lowest BCUT2D eigenvalue weighted by Crippen LogP contribution is -2.30. The molecule has 0 aromatic heterocycles. The van der Waals surface area contributed by atoms with Gasteiger partial charge in [0.05, 0.1) is 0 Å². The SMILES string of the molecule is CC(C)(C)/C=C/C1CCCN1CC1CC1. The molecule has 2 rings (SSSR count). The van der Waals surface area contributed by atoms with Gasteiger partial charge in [-0.3, -0.25) is 4.90 Å². The van der Waals surface area contributed by atoms with Gasteiger partial charge in [-0.15, -0.1) is 0 Å². The summed E-state index contributed by atoms with van der Waals surface area (Å²) in [5, 5.41) is 0. The molecule has 1 saturated heterocycles. The number of nitrogens with zero attached hydrogens (tertiary/aromatic N) is 1. The number of hydrogen-bond donors (Lipinski definition) is 0. The molecule has 2 aliphatic rings. The second kappa shape index (κ2) is 4.29. The van der Waals surface area contributed by atoms with E-state index in [9.17, 15) is 0 Å². The van der Waals surface area contributed by atoms with Crippen LogP contribution in [-0.4, -0.2) is 24.0 Å². The van der Waals surface area contributed by atoms with E-state index in [2.05, 4.69) is 37.8 Å². The quantitative estimate of drug-likeness (QED) is 0.641. The Morgan fingerprint density at radius 1 is 1.20 bits per heavy atom. The summed E-state index contributed by atoms with van der Waals surface area (Å²) in [7, 11) is 0. The Labute approximate surface area is 94.5 Å². The smallest absolute Gasteiger partial charge is 0.0278 e. The van der Waals surface area contributed by atoms with Gasteiger partial charge in [-0.1, -0.05) is 32.9 Å². The van der Waals surface area contributed by atoms with Gasteiger partial charge >= 0.3 is 0 Å². The molecule has 0 aromatic carbocycles. The Morgan fingerprint density at radius 3 is 2.53 bits per heavy atom. The molecule has 1 heteroatoms. The van der Waals surface area contributed by atoms with E-state index in [1.807, 2.05) is 0 Å². The largest absolute Gasteiger partial charge is 0.297 e. The van der Waals surface area contributed by atoms with Crippen LogP contribution in [-0.2, 0) is 0 Å². The van der Waals surface area contributed by atoms with Crippen LogP contribution in [0.15, 0.2) is 12.2 Å². The fourth-order valence-corrected chi connectivity index (χ4v) is 2.33. The molecular formula is C14H25N. The van der Waals surface area contributed by atoms with Gasteiger partial charge < -0.3 is 0 Å². The van der Waals surface area contributed by atoms with Crippen LogP contribution in [0, 0.1) is 11.3 Å². The van der Waals surface area contributed by atoms with E-state index in [-0.39, 0.29) is 0 Å². The summed E-state index contributed by atoms with van der Waals surface area (Å²) in [6.07, 6.45) is 10.6. The maximum absolute atomic E-state index is 2.69. The van der Waals surface area contributed by atoms with E-state index in [4.69, 9.17) is 0 Å². The minimum atomic E-state index is 0.341. The molecule has 1 aliphatic carbocycles. The summed E-state index contributed by atoms with van der Waals surface area (Å²) < 4.78 is 0. The number of likely N-dealkylation sites (tertiary alicyclic amines) is 1. The van der Waals surface area contributed by atoms with E-state index >= 15 is 0 Å². The molecule has 1 aliphatic heterocycles. The zero-order chi connectivity index (χ0) is 10.9. The lowest BCUT2D eigenvalue weighted by atomic mass is 9.95. The first kappa shape index (κ1) is 11.2. The first-order chi connectivity index (χ1) is 7.04. The molecule has 15 heavy (non-hydrogen) atoms. The first-order valence-electron chi connectivity index (χ1n) is 6.48. The van der Waals surface area contributed by atoms with Crippen molar-refractivity contribution in [3.63, 3.8) is 0 Å². The summed E-state index contributed by atoms with van der Waals surface area (Å²) in [6.45, 7) is 9.53. The molecule has 0 N–H and O–H groups in total. The highest BCUT2D eigenvalue weighted by atomic mass is 15.2. The predicted molar refractivity (Wildman–Crippen MR) is 65.9 cm³/mol. The zero-order valence-electron chi connectivity index (χ0n) is 10.5. The Kier molecular flexibility index (Phi) is 3.20. The van der Waals surface area contributed by atoms with Crippen molar-refractivity contribution in [3.8, 4) is 0 Å². The molecule has 1 nitrogen and oxygen atoms in total. The van der Waals surface area contributed by atoms with Crippen LogP contribution in [0.25, 0.3) is 0 Å². The van der Waals surface area contributed by atoms with Crippen molar-refractivity contribution in [1.29, 1.82) is 0 Å². The summed E-state index contributed by atoms with van der Waals surface area (Å²) in [5.74, 6) is 1.04. The monoisotopic (exact) mass is 207 g/mol. The third-order valence-corrected chi connectivity index (χ3v) is 3.42. The molecule has 1 saturated carbocycles. The van der Waals surface area contributed by atoms with Crippen molar-refractivity contribution in [1.82, 2.24) is 4.90 Å². The van der Waals surface area contributed by atoms with Crippen molar-refractivity contribution in [2.75, 3.05) is 13.1 Å². The highest BCUT2D eigenvalue weighted by Gasteiger charge is 2.29. The Bertz CT molecular complexity index is 232. The fourth-order valence-electron chi connectivity index (χ4n) is 2.33. The van der Waals surface area contributed by atoms with Crippen LogP contribution >= 0.6 is 0 Å². The normalized spacial score (nSPS) is 29.1. The predicted octanol–water partition coefficient (Wildman–Crippen LogP) is 3.46. The van der Waals surface area contributed by atoms with E-state index in [1.165, 1.54) is 38.8 Å². The van der Waals surface area contributed by atoms with Gasteiger partial charge in [0.1, 0.15) is 0 Å². The van der Waals surface area contributed by atoms with Gasteiger partial charge in [0, 0.05) is 12.6 Å². The molecule has 2 fully saturated rings. The van der Waals surface area contributed by atoms with Crippen LogP contribution in [0.5, 0.6) is 0 Å². The number of allylic oxidation sites excluding steroid dienone is 1. The molecule has 1 atom stereocenters. The van der Waals surface area contributed by atoms with E-state index in [0.717, 1.165) is 12.0 Å². The van der Waals surface area contributed by atoms with Crippen molar-refractivity contribution in [3.05, 3.63) is 12.2 Å². The molecule has 1 unspecified atom stereocenters. The van der Waals surface area contributed by atoms with Crippen molar-refractivity contribution >= 4 is 0 Å². The van der Waals surface area contributed by atoms with Crippen molar-refractivity contribution in [2.24, 2.45) is 11.3 Å². The lowest BCUT2D eigenvalue weighted by Gasteiger charge is -2.22. The van der Waals surface area contributed by atoms with Crippen LogP contribution in [0.3, 0.4) is 0 Å². The van der Waals surface area contributed by atoms with Crippen LogP contribution in [0.4, 0.5) is 0 Å². The Balaban J connectivity index is 1.86. The summed E-state index contributed by atoms with van der Waals surface area (Å²) in [4.78, 5) is 2.69. The average molecular weight is 207 g/mol. The molecule has 86 valence electrons. The van der Waals surface area contributed by atoms with Crippen LogP contribution in [0.1, 0.15) is 46.5 Å². The number of hydrogen-bond acceptors (Lipinski definition) is 1. The molecular weight excluding hydrogens is 182 g/mol. The zero-order valence-corrected chi connectivity index (χ0v) is 10.5. The van der Waals surface area contributed by atoms with Crippen LogP contribution in [0.2, 0.25) is 0 Å². The van der Waals surface area contributed by atoms with E-state index in [1.54, 1.807) is 0 Å². The van der Waals surface area contributed by atoms with E-state index in [0.29, 0.717) is 5.41 Å². The minimum Gasteiger partial charge on any atom is -0.297 e. The topological polar surface area (TPSA) is 3.24 Å². The van der Waals surface area contributed by atoms with Gasteiger partial charge in [0.15, 0.2) is 0 Å². The second-order valence-corrected chi connectivity index (χ2v) is 6.37. The van der Waals surface area contributed by atoms with Gasteiger partial charge in [-0.05, 0) is 43.6 Å². The Hall–Kier alpha value is -0.300. The lowest BCUT2D eigenvalue weighted by molar-refractivity contribution is 0.276. The Morgan fingerprint density at radius 2 is 1.93 bits per heavy atom. The highest BCUT2D eigenvalue weighted by Crippen LogP contribution is 2.32. The first-order valence-corrected chi connectivity index (χ1v) is 6.48. The maximum atomic E-state index is 2.69. The second-order valence-electron chi connectivity index (χ2n) is 6.37. The summed E-state index contributed by atoms with van der Waals surface area (Å²) in [5.41, 5.74) is 0.341. The van der Waals surface area contributed by atoms with Gasteiger partial charge in [0.25, 0.3) is 0 Å². The minimum absolute atomic E-state index is 0.341. The molecule has 0 spiro atoms. The summed E-state index contributed by atoms with van der Waals surface area (Å²) >= 11 is 0. The van der Waals surface area contributed by atoms with Gasteiger partial charge in [-0.2, -0.15) is 0 Å². The standard InChI is InChI=1S/C14H25N/c1-14(2,3)9-8-13-5-4-10-15(13)11-12-6-7-12/h8-9,12-13H,4-7,10-11H2,1-3H3/b9-8+. The average Bonchev–Trinajstić information content (AvgIpc) is 2.80. The molecule has 0 amide bonds. The molecule has 0 bridgehead atoms. The maximum Gasteiger partial charge on any atom is 0.0278 e. The van der Waals surface area contributed by atoms with E-state index < -0.39 is 0 Å². The van der Waals surface area contributed by atoms with Crippen molar-refractivity contribution in [2.45, 2.75) is 52.5 Å². The highest BCUT2D eigenvalue weighted by molar-refractivity contribution is 5.02. The van der Waals surface area contributed by atoms with Gasteiger partial charge in [-0.25, -0.2) is 0 Å². The summed E-state index contributed by atoms with van der Waals surface area (Å²) in [6, 6.07) is 0.741. The van der Waals surface area contributed by atoms with Gasteiger partial charge in [0.2, 0.25) is 0 Å². The molecule has 0 aromatic rings. The fraction of sp³-hybridized carbons (Fsp3) is 0.857. The molecule has 0 radical (unpaired) electrons. The van der Waals surface area contributed by atoms with Crippen LogP contribution < -0.4 is 0 Å². The molecule has 1 heterocycles.